The number of aliphatic hydroxyl groups is 2. The summed E-state index contributed by atoms with van der Waals surface area (Å²) in [6.45, 7) is 2.13. The van der Waals surface area contributed by atoms with Crippen LogP contribution in [0.1, 0.15) is 109 Å². The van der Waals surface area contributed by atoms with Gasteiger partial charge in [0.1, 0.15) is 0 Å². The van der Waals surface area contributed by atoms with Crippen molar-refractivity contribution in [2.75, 3.05) is 43.5 Å². The molecular formula is C55H65Br6Cl2NO9. The van der Waals surface area contributed by atoms with Gasteiger partial charge in [-0.2, -0.15) is 0 Å². The molecule has 400 valence electrons. The van der Waals surface area contributed by atoms with Crippen LogP contribution in [0, 0.1) is 0 Å². The normalized spacial score (nSPS) is 16.5. The Balaban J connectivity index is 0.000000306. The molecule has 0 saturated carbocycles. The summed E-state index contributed by atoms with van der Waals surface area (Å²) >= 11 is 30.8. The lowest BCUT2D eigenvalue weighted by Gasteiger charge is -2.28. The van der Waals surface area contributed by atoms with Crippen LogP contribution in [0.2, 0.25) is 0 Å². The van der Waals surface area contributed by atoms with E-state index in [-0.39, 0.29) is 30.8 Å². The highest BCUT2D eigenvalue weighted by Gasteiger charge is 2.26. The Labute approximate surface area is 491 Å². The van der Waals surface area contributed by atoms with Crippen LogP contribution < -0.4 is 5.73 Å². The van der Waals surface area contributed by atoms with Gasteiger partial charge >= 0.3 is 17.9 Å². The number of esters is 1. The third-order valence-electron chi connectivity index (χ3n) is 11.1. The van der Waals surface area contributed by atoms with Gasteiger partial charge in [-0.05, 0) is 159 Å². The van der Waals surface area contributed by atoms with E-state index >= 15 is 0 Å². The first-order valence-electron chi connectivity index (χ1n) is 23.7. The number of hydrogen-bond acceptors (Lipinski definition) is 8. The molecule has 2 fully saturated rings. The molecule has 5 aromatic carbocycles. The number of hydrogen-bond donors (Lipinski definition) is 5. The summed E-state index contributed by atoms with van der Waals surface area (Å²) in [5, 5.41) is 36.9. The standard InChI is InChI=1S/C11H12BrClO2.C11H16BrNO.C11H13BrO2.C11H11BrO2.C8H7BrO2.C3H6BrCl/c12-9-5-3-8(4-6-9)10(11(14)15)2-1-7-13;12-11-5-3-9(4-6-11)10(8-13)2-1-7-14;2*12-9-5-3-8(4-6-9)10-2-1-7-14-11(10)13;9-7-3-1-6(2-4-7)5-8(10)11;4-2-1-3-5/h3-6,10H,1-2,7H2,(H,14,15);3-6,10,14H,1-2,7-8,13H2;3-6,10-11,13H,1-2,7H2;3-6,10H,1-2,7H2;1-4H,5H2,(H,10,11);1-3H2/t;10-;;;;/m.1..../s1. The minimum atomic E-state index is -0.799. The van der Waals surface area contributed by atoms with Crippen molar-refractivity contribution in [1.82, 2.24) is 0 Å². The number of benzene rings is 5. The summed E-state index contributed by atoms with van der Waals surface area (Å²) in [4.78, 5) is 32.7. The molecule has 5 aromatic rings. The monoisotopic (exact) mass is 1430 g/mol. The minimum Gasteiger partial charge on any atom is -0.481 e. The van der Waals surface area contributed by atoms with Crippen molar-refractivity contribution in [3.63, 3.8) is 0 Å². The van der Waals surface area contributed by atoms with Crippen LogP contribution in [0.5, 0.6) is 0 Å². The fourth-order valence-electron chi connectivity index (χ4n) is 7.21. The minimum absolute atomic E-state index is 0.0585. The molecule has 0 bridgehead atoms. The van der Waals surface area contributed by atoms with Gasteiger partial charge in [0.2, 0.25) is 0 Å². The first-order chi connectivity index (χ1) is 35.1. The molecule has 6 N–H and O–H groups in total. The third kappa shape index (κ3) is 28.7. The highest BCUT2D eigenvalue weighted by Crippen LogP contribution is 2.31. The van der Waals surface area contributed by atoms with E-state index in [1.807, 2.05) is 97.1 Å². The SMILES string of the molecule is ClCCCBr.NC[C@@H](CCCO)c1ccc(Br)cc1.O=C(O)C(CCCCl)c1ccc(Br)cc1.O=C(O)Cc1ccc(Br)cc1.O=C1OCCCC1c1ccc(Br)cc1.OC1OCCCC1c1ccc(Br)cc1. The number of carbonyl (C=O) groups is 3. The fraction of sp³-hybridized carbons (Fsp3) is 0.400. The van der Waals surface area contributed by atoms with Gasteiger partial charge in [0.05, 0.1) is 24.9 Å². The number of aliphatic hydroxyl groups excluding tert-OH is 2. The lowest BCUT2D eigenvalue weighted by atomic mass is 9.92. The summed E-state index contributed by atoms with van der Waals surface area (Å²) in [7, 11) is 0. The highest BCUT2D eigenvalue weighted by atomic mass is 79.9. The molecule has 0 radical (unpaired) electrons. The van der Waals surface area contributed by atoms with Crippen LogP contribution in [0.4, 0.5) is 0 Å². The molecule has 5 atom stereocenters. The molecule has 2 aliphatic heterocycles. The number of rotatable bonds is 16. The van der Waals surface area contributed by atoms with Crippen molar-refractivity contribution >= 4 is 137 Å². The van der Waals surface area contributed by atoms with Gasteiger partial charge in [-0.25, -0.2) is 0 Å². The van der Waals surface area contributed by atoms with Gasteiger partial charge in [-0.1, -0.05) is 156 Å². The van der Waals surface area contributed by atoms with E-state index in [9.17, 15) is 19.5 Å². The third-order valence-corrected chi connectivity index (χ3v) is 14.8. The number of carboxylic acids is 2. The second kappa shape index (κ2) is 40.1. The maximum atomic E-state index is 11.4. The van der Waals surface area contributed by atoms with Gasteiger partial charge in [0.25, 0.3) is 0 Å². The molecule has 2 heterocycles. The molecule has 0 amide bonds. The van der Waals surface area contributed by atoms with Crippen molar-refractivity contribution in [3.05, 3.63) is 172 Å². The van der Waals surface area contributed by atoms with Crippen LogP contribution >= 0.6 is 119 Å². The molecule has 0 spiro atoms. The summed E-state index contributed by atoms with van der Waals surface area (Å²) < 4.78 is 15.3. The van der Waals surface area contributed by atoms with Crippen molar-refractivity contribution in [1.29, 1.82) is 0 Å². The van der Waals surface area contributed by atoms with E-state index in [1.54, 1.807) is 12.1 Å². The summed E-state index contributed by atoms with van der Waals surface area (Å²) in [6.07, 6.45) is 7.49. The van der Waals surface area contributed by atoms with Crippen molar-refractivity contribution in [3.8, 4) is 0 Å². The summed E-state index contributed by atoms with van der Waals surface area (Å²) in [6, 6.07) is 38.7. The lowest BCUT2D eigenvalue weighted by molar-refractivity contribution is -0.149. The lowest BCUT2D eigenvalue weighted by Crippen LogP contribution is -2.27. The second-order valence-electron chi connectivity index (χ2n) is 16.5. The van der Waals surface area contributed by atoms with Crippen molar-refractivity contribution < 1.29 is 44.3 Å². The Hall–Kier alpha value is -2.19. The van der Waals surface area contributed by atoms with Gasteiger partial charge in [-0.15, -0.1) is 23.2 Å². The van der Waals surface area contributed by atoms with E-state index in [0.29, 0.717) is 44.4 Å². The Morgan fingerprint density at radius 3 is 1.55 bits per heavy atom. The van der Waals surface area contributed by atoms with Crippen molar-refractivity contribution in [2.45, 2.75) is 94.2 Å². The molecule has 0 aromatic heterocycles. The molecule has 73 heavy (non-hydrogen) atoms. The van der Waals surface area contributed by atoms with Crippen LogP contribution in [0.15, 0.2) is 144 Å². The average molecular weight is 1430 g/mol. The quantitative estimate of drug-likeness (QED) is 0.0472. The average Bonchev–Trinajstić information content (AvgIpc) is 3.38. The van der Waals surface area contributed by atoms with E-state index in [0.717, 1.165) is 101 Å². The number of nitrogens with two attached hydrogens (primary N) is 1. The molecule has 10 nitrogen and oxygen atoms in total. The summed E-state index contributed by atoms with van der Waals surface area (Å²) in [5.74, 6) is -0.403. The van der Waals surface area contributed by atoms with Crippen LogP contribution in [-0.4, -0.2) is 88.1 Å². The number of cyclic esters (lactones) is 1. The predicted molar refractivity (Wildman–Crippen MR) is 316 cm³/mol. The zero-order valence-electron chi connectivity index (χ0n) is 40.4. The Morgan fingerprint density at radius 1 is 0.644 bits per heavy atom. The van der Waals surface area contributed by atoms with E-state index in [1.165, 1.54) is 5.56 Å². The van der Waals surface area contributed by atoms with E-state index < -0.39 is 24.1 Å². The number of ether oxygens (including phenoxy) is 2. The first-order valence-corrected chi connectivity index (χ1v) is 29.9. The smallest absolute Gasteiger partial charge is 0.313 e. The molecule has 0 aliphatic carbocycles. The highest BCUT2D eigenvalue weighted by molar-refractivity contribution is 9.11. The molecule has 7 rings (SSSR count). The Bertz CT molecular complexity index is 2260. The van der Waals surface area contributed by atoms with Gasteiger partial charge in [0, 0.05) is 58.6 Å². The fourth-order valence-corrected chi connectivity index (χ4v) is 9.43. The number of carbonyl (C=O) groups excluding carboxylic acids is 1. The zero-order chi connectivity index (χ0) is 54.0. The number of carboxylic acid groups (broad SMARTS) is 2. The Kier molecular flexibility index (Phi) is 36.7. The van der Waals surface area contributed by atoms with Gasteiger partial charge in [0.15, 0.2) is 6.29 Å². The maximum Gasteiger partial charge on any atom is 0.313 e. The molecule has 2 saturated heterocycles. The number of halogens is 8. The summed E-state index contributed by atoms with van der Waals surface area (Å²) in [5.41, 5.74) is 10.8. The first kappa shape index (κ1) is 66.9. The van der Waals surface area contributed by atoms with Gasteiger partial charge in [-0.3, -0.25) is 14.4 Å². The Morgan fingerprint density at radius 2 is 1.12 bits per heavy atom. The second-order valence-corrected chi connectivity index (χ2v) is 22.7. The largest absolute Gasteiger partial charge is 0.481 e. The number of aliphatic carboxylic acids is 2. The number of alkyl halides is 3. The van der Waals surface area contributed by atoms with Crippen LogP contribution in [0.3, 0.4) is 0 Å². The maximum absolute atomic E-state index is 11.4. The van der Waals surface area contributed by atoms with Crippen LogP contribution in [-0.2, 0) is 30.3 Å². The molecular weight excluding hydrogens is 1370 g/mol. The topological polar surface area (TPSA) is 177 Å². The molecule has 4 unspecified atom stereocenters. The molecule has 18 heteroatoms. The van der Waals surface area contributed by atoms with Crippen molar-refractivity contribution in [2.24, 2.45) is 5.73 Å². The van der Waals surface area contributed by atoms with Crippen LogP contribution in [0.25, 0.3) is 0 Å². The van der Waals surface area contributed by atoms with E-state index in [2.05, 4.69) is 108 Å². The van der Waals surface area contributed by atoms with Gasteiger partial charge < -0.3 is 35.6 Å². The zero-order valence-corrected chi connectivity index (χ0v) is 51.4. The predicted octanol–water partition coefficient (Wildman–Crippen LogP) is 15.5. The van der Waals surface area contributed by atoms with E-state index in [4.69, 9.17) is 53.7 Å². The molecule has 2 aliphatic rings.